The van der Waals surface area contributed by atoms with Gasteiger partial charge in [-0.1, -0.05) is 101 Å². The normalized spacial score (nSPS) is 11.6. The first-order valence-electron chi connectivity index (χ1n) is 16.6. The Morgan fingerprint density at radius 1 is 0.582 bits per heavy atom. The van der Waals surface area contributed by atoms with Crippen molar-refractivity contribution in [1.82, 2.24) is 4.98 Å². The number of benzene rings is 7. The molecule has 1 heterocycles. The van der Waals surface area contributed by atoms with Crippen LogP contribution in [0.25, 0.3) is 32.6 Å². The number of amides is 2. The molecule has 4 N–H and O–H groups in total. The molecule has 8 rings (SSSR count). The number of oxazole rings is 1. The predicted molar refractivity (Wildman–Crippen MR) is 212 cm³/mol. The molecule has 0 fully saturated rings. The Balaban J connectivity index is 1.09. The number of aromatic hydroxyl groups is 2. The van der Waals surface area contributed by atoms with E-state index < -0.39 is 17.6 Å². The van der Waals surface area contributed by atoms with Gasteiger partial charge in [-0.25, -0.2) is 0 Å². The first-order valence-corrected chi connectivity index (χ1v) is 17.3. The summed E-state index contributed by atoms with van der Waals surface area (Å²) in [6.07, 6.45) is 0. The van der Waals surface area contributed by atoms with Crippen LogP contribution >= 0.6 is 23.2 Å². The quantitative estimate of drug-likeness (QED) is 0.112. The molecule has 0 aliphatic carbocycles. The number of carbonyl (C=O) groups excluding carboxylic acids is 2. The van der Waals surface area contributed by atoms with Gasteiger partial charge in [-0.3, -0.25) is 9.59 Å². The maximum atomic E-state index is 13.3. The third-order valence-electron chi connectivity index (χ3n) is 8.59. The number of aromatic nitrogens is 1. The lowest BCUT2D eigenvalue weighted by Crippen LogP contribution is -2.12. The number of anilines is 2. The maximum Gasteiger partial charge on any atom is 0.341 e. The van der Waals surface area contributed by atoms with Gasteiger partial charge in [-0.2, -0.15) is 10.1 Å². The van der Waals surface area contributed by atoms with E-state index in [2.05, 4.69) is 36.1 Å². The maximum absolute atomic E-state index is 13.3. The van der Waals surface area contributed by atoms with Gasteiger partial charge in [0.05, 0.1) is 38.2 Å². The number of hydrogen-bond acceptors (Lipinski definition) is 10. The lowest BCUT2D eigenvalue weighted by Gasteiger charge is -2.12. The molecule has 0 saturated carbocycles. The highest BCUT2D eigenvalue weighted by Gasteiger charge is 2.21. The minimum atomic E-state index is -0.593. The molecule has 1 aromatic heterocycles. The van der Waals surface area contributed by atoms with Crippen LogP contribution in [0.1, 0.15) is 20.7 Å². The highest BCUT2D eigenvalue weighted by molar-refractivity contribution is 6.34. The fraction of sp³-hybridized carbons (Fsp3) is 0. The molecule has 0 radical (unpaired) electrons. The highest BCUT2D eigenvalue weighted by atomic mass is 35.5. The summed E-state index contributed by atoms with van der Waals surface area (Å²) in [6, 6.07) is 35.6. The molecule has 268 valence electrons. The molecule has 0 aliphatic rings. The van der Waals surface area contributed by atoms with Gasteiger partial charge in [0, 0.05) is 16.8 Å². The molecule has 0 saturated heterocycles. The smallest absolute Gasteiger partial charge is 0.341 e. The number of hydrogen-bond donors (Lipinski definition) is 4. The summed E-state index contributed by atoms with van der Waals surface area (Å²) >= 11 is 12.5. The molecule has 0 unspecified atom stereocenters. The zero-order chi connectivity index (χ0) is 38.1. The van der Waals surface area contributed by atoms with E-state index in [1.165, 1.54) is 0 Å². The SMILES string of the molecule is O=C(Nc1ccccc1Cl)c1cc2ccccc2c(N=Nc2ccc3nc(N=Nc4c(O)c(C(=O)Nc5ccccc5Cl)cc5ccccc45)oc3c2)c1O. The molecule has 7 aromatic carbocycles. The number of nitrogens with one attached hydrogen (secondary N) is 2. The number of phenols is 2. The van der Waals surface area contributed by atoms with Crippen LogP contribution in [0, 0.1) is 0 Å². The van der Waals surface area contributed by atoms with E-state index in [-0.39, 0.29) is 34.3 Å². The number of azo groups is 2. The second kappa shape index (κ2) is 14.7. The fourth-order valence-electron chi connectivity index (χ4n) is 5.89. The monoisotopic (exact) mass is 765 g/mol. The molecular weight excluding hydrogens is 741 g/mol. The molecule has 0 atom stereocenters. The topological polar surface area (TPSA) is 174 Å². The van der Waals surface area contributed by atoms with Crippen LogP contribution in [0.2, 0.25) is 10.0 Å². The van der Waals surface area contributed by atoms with Crippen molar-refractivity contribution in [3.63, 3.8) is 0 Å². The van der Waals surface area contributed by atoms with E-state index in [0.717, 1.165) is 0 Å². The van der Waals surface area contributed by atoms with E-state index >= 15 is 0 Å². The van der Waals surface area contributed by atoms with Crippen molar-refractivity contribution < 1.29 is 24.2 Å². The highest BCUT2D eigenvalue weighted by Crippen LogP contribution is 2.42. The largest absolute Gasteiger partial charge is 0.505 e. The minimum absolute atomic E-state index is 0.0150. The Labute approximate surface area is 321 Å². The van der Waals surface area contributed by atoms with Gasteiger partial charge < -0.3 is 25.3 Å². The summed E-state index contributed by atoms with van der Waals surface area (Å²) in [4.78, 5) is 30.9. The Bertz CT molecular complexity index is 2740. The number of nitrogens with zero attached hydrogens (tertiary/aromatic N) is 5. The van der Waals surface area contributed by atoms with Crippen LogP contribution in [-0.2, 0) is 0 Å². The first-order chi connectivity index (χ1) is 26.7. The van der Waals surface area contributed by atoms with E-state index in [9.17, 15) is 19.8 Å². The predicted octanol–water partition coefficient (Wildman–Crippen LogP) is 12.2. The van der Waals surface area contributed by atoms with Crippen molar-refractivity contribution in [3.05, 3.63) is 149 Å². The summed E-state index contributed by atoms with van der Waals surface area (Å²) in [5.41, 5.74) is 1.92. The van der Waals surface area contributed by atoms with Crippen molar-refractivity contribution in [1.29, 1.82) is 0 Å². The second-order valence-electron chi connectivity index (χ2n) is 12.1. The van der Waals surface area contributed by atoms with Gasteiger partial charge in [-0.05, 0) is 59.3 Å². The van der Waals surface area contributed by atoms with Crippen molar-refractivity contribution in [3.8, 4) is 11.5 Å². The molecule has 2 amide bonds. The molecule has 14 heteroatoms. The average Bonchev–Trinajstić information content (AvgIpc) is 3.60. The van der Waals surface area contributed by atoms with Gasteiger partial charge in [0.1, 0.15) is 16.9 Å². The number of phenolic OH excluding ortho intramolecular Hbond substituents is 2. The van der Waals surface area contributed by atoms with Crippen LogP contribution in [0.15, 0.2) is 152 Å². The van der Waals surface area contributed by atoms with E-state index in [4.69, 9.17) is 27.6 Å². The molecule has 0 aliphatic heterocycles. The van der Waals surface area contributed by atoms with Crippen LogP contribution in [0.3, 0.4) is 0 Å². The average molecular weight is 767 g/mol. The van der Waals surface area contributed by atoms with Crippen LogP contribution in [-0.4, -0.2) is 27.0 Å². The summed E-state index contributed by atoms with van der Waals surface area (Å²) in [7, 11) is 0. The summed E-state index contributed by atoms with van der Waals surface area (Å²) in [6.45, 7) is 0. The van der Waals surface area contributed by atoms with Crippen molar-refractivity contribution in [2.24, 2.45) is 20.5 Å². The van der Waals surface area contributed by atoms with Gasteiger partial charge in [0.15, 0.2) is 17.1 Å². The molecule has 0 bridgehead atoms. The summed E-state index contributed by atoms with van der Waals surface area (Å²) < 4.78 is 5.85. The number of carbonyl (C=O) groups is 2. The summed E-state index contributed by atoms with van der Waals surface area (Å²) in [5.74, 6) is -1.93. The van der Waals surface area contributed by atoms with Gasteiger partial charge in [0.2, 0.25) is 0 Å². The number of rotatable bonds is 8. The zero-order valence-electron chi connectivity index (χ0n) is 28.2. The van der Waals surface area contributed by atoms with Gasteiger partial charge >= 0.3 is 6.01 Å². The third-order valence-corrected chi connectivity index (χ3v) is 9.24. The molecule has 0 spiro atoms. The van der Waals surface area contributed by atoms with E-state index in [1.807, 2.05) is 6.07 Å². The zero-order valence-corrected chi connectivity index (χ0v) is 29.7. The number of fused-ring (bicyclic) bond motifs is 3. The Hall–Kier alpha value is -7.15. The molecule has 55 heavy (non-hydrogen) atoms. The fourth-order valence-corrected chi connectivity index (χ4v) is 6.26. The van der Waals surface area contributed by atoms with Crippen molar-refractivity contribution in [2.75, 3.05) is 10.6 Å². The number of para-hydroxylation sites is 2. The Kier molecular flexibility index (Phi) is 9.33. The Morgan fingerprint density at radius 2 is 1.07 bits per heavy atom. The number of halogens is 2. The van der Waals surface area contributed by atoms with Gasteiger partial charge in [0.25, 0.3) is 11.8 Å². The van der Waals surface area contributed by atoms with Crippen LogP contribution in [0.5, 0.6) is 11.5 Å². The van der Waals surface area contributed by atoms with Gasteiger partial charge in [-0.15, -0.1) is 10.2 Å². The first kappa shape index (κ1) is 34.9. The second-order valence-corrected chi connectivity index (χ2v) is 12.9. The third kappa shape index (κ3) is 7.02. The summed E-state index contributed by atoms with van der Waals surface area (Å²) in [5, 5.41) is 48.2. The van der Waals surface area contributed by atoms with Crippen LogP contribution < -0.4 is 10.6 Å². The van der Waals surface area contributed by atoms with E-state index in [0.29, 0.717) is 59.8 Å². The molecule has 12 nitrogen and oxygen atoms in total. The van der Waals surface area contributed by atoms with Crippen LogP contribution in [0.4, 0.5) is 34.5 Å². The van der Waals surface area contributed by atoms with E-state index in [1.54, 1.807) is 121 Å². The molecule has 8 aromatic rings. The minimum Gasteiger partial charge on any atom is -0.505 e. The Morgan fingerprint density at radius 3 is 1.62 bits per heavy atom. The lowest BCUT2D eigenvalue weighted by atomic mass is 10.0. The van der Waals surface area contributed by atoms with Crippen molar-refractivity contribution in [2.45, 2.75) is 0 Å². The standard InChI is InChI=1S/C41H25Cl2N7O5/c42-29-13-5-7-15-31(29)44-39(53)27-19-22-9-1-3-11-25(22)35(37(27)51)48-47-24-17-18-33-34(21-24)55-41(46-33)50-49-36-26-12-4-2-10-23(26)20-28(38(36)52)40(54)45-32-16-8-6-14-30(32)43/h1-21,51-52H,(H,44,53)(H,45,54). The van der Waals surface area contributed by atoms with Crippen molar-refractivity contribution >= 4 is 102 Å². The molecular formula is C41H25Cl2N7O5. The lowest BCUT2D eigenvalue weighted by molar-refractivity contribution is 0.101.